The van der Waals surface area contributed by atoms with Gasteiger partial charge in [0.15, 0.2) is 0 Å². The molecule has 6 heteroatoms. The molecule has 1 amide bonds. The minimum absolute atomic E-state index is 0.0101. The van der Waals surface area contributed by atoms with Gasteiger partial charge in [-0.15, -0.1) is 0 Å². The first-order valence-electron chi connectivity index (χ1n) is 6.61. The lowest BCUT2D eigenvalue weighted by atomic mass is 9.97. The highest BCUT2D eigenvalue weighted by molar-refractivity contribution is 5.97. The van der Waals surface area contributed by atoms with Gasteiger partial charge in [-0.3, -0.25) is 4.79 Å². The number of nitrogens with one attached hydrogen (secondary N) is 2. The summed E-state index contributed by atoms with van der Waals surface area (Å²) >= 11 is 0. The summed E-state index contributed by atoms with van der Waals surface area (Å²) < 4.78 is 4.62. The van der Waals surface area contributed by atoms with Crippen LogP contribution >= 0.6 is 0 Å². The van der Waals surface area contributed by atoms with Crippen LogP contribution in [0.2, 0.25) is 0 Å². The SMILES string of the molecule is COC(=O)c1ccc(NC(=O)C2CCNCC2)c(N)c1. The van der Waals surface area contributed by atoms with Gasteiger partial charge in [0.2, 0.25) is 5.91 Å². The maximum atomic E-state index is 12.1. The van der Waals surface area contributed by atoms with Crippen LogP contribution in [0, 0.1) is 5.92 Å². The number of nitrogens with two attached hydrogens (primary N) is 1. The molecule has 0 saturated carbocycles. The normalized spacial score (nSPS) is 15.7. The van der Waals surface area contributed by atoms with Gasteiger partial charge in [0.1, 0.15) is 0 Å². The Labute approximate surface area is 117 Å². The fourth-order valence-electron chi connectivity index (χ4n) is 2.24. The van der Waals surface area contributed by atoms with Gasteiger partial charge in [-0.05, 0) is 44.1 Å². The molecule has 1 aliphatic rings. The molecule has 0 atom stereocenters. The molecule has 0 aromatic heterocycles. The van der Waals surface area contributed by atoms with Crippen LogP contribution in [0.1, 0.15) is 23.2 Å². The molecule has 0 unspecified atom stereocenters. The Kier molecular flexibility index (Phi) is 4.57. The predicted molar refractivity (Wildman–Crippen MR) is 76.4 cm³/mol. The van der Waals surface area contributed by atoms with Crippen molar-refractivity contribution in [2.75, 3.05) is 31.2 Å². The molecule has 2 rings (SSSR count). The molecule has 0 radical (unpaired) electrons. The summed E-state index contributed by atoms with van der Waals surface area (Å²) in [6.07, 6.45) is 1.65. The fourth-order valence-corrected chi connectivity index (χ4v) is 2.24. The summed E-state index contributed by atoms with van der Waals surface area (Å²) in [4.78, 5) is 23.5. The Balaban J connectivity index is 2.05. The average molecular weight is 277 g/mol. The molecule has 0 aliphatic carbocycles. The molecule has 1 aliphatic heterocycles. The first kappa shape index (κ1) is 14.3. The van der Waals surface area contributed by atoms with Crippen molar-refractivity contribution in [1.29, 1.82) is 0 Å². The molecule has 6 nitrogen and oxygen atoms in total. The second-order valence-electron chi connectivity index (χ2n) is 4.81. The van der Waals surface area contributed by atoms with Crippen LogP contribution in [-0.4, -0.2) is 32.1 Å². The van der Waals surface area contributed by atoms with Crippen molar-refractivity contribution in [3.63, 3.8) is 0 Å². The Morgan fingerprint density at radius 2 is 2.05 bits per heavy atom. The van der Waals surface area contributed by atoms with Crippen molar-refractivity contribution in [1.82, 2.24) is 5.32 Å². The number of rotatable bonds is 3. The molecule has 1 aromatic carbocycles. The van der Waals surface area contributed by atoms with Crippen molar-refractivity contribution in [2.24, 2.45) is 5.92 Å². The molecule has 0 bridgehead atoms. The summed E-state index contributed by atoms with van der Waals surface area (Å²) in [5, 5.41) is 6.04. The van der Waals surface area contributed by atoms with Crippen molar-refractivity contribution < 1.29 is 14.3 Å². The molecule has 1 fully saturated rings. The smallest absolute Gasteiger partial charge is 0.337 e. The first-order chi connectivity index (χ1) is 9.61. The lowest BCUT2D eigenvalue weighted by molar-refractivity contribution is -0.120. The van der Waals surface area contributed by atoms with E-state index in [0.29, 0.717) is 16.9 Å². The zero-order valence-electron chi connectivity index (χ0n) is 11.4. The van der Waals surface area contributed by atoms with Crippen molar-refractivity contribution in [2.45, 2.75) is 12.8 Å². The van der Waals surface area contributed by atoms with Crippen molar-refractivity contribution >= 4 is 23.3 Å². The maximum absolute atomic E-state index is 12.1. The molecule has 0 spiro atoms. The largest absolute Gasteiger partial charge is 0.465 e. The maximum Gasteiger partial charge on any atom is 0.337 e. The van der Waals surface area contributed by atoms with Gasteiger partial charge in [-0.2, -0.15) is 0 Å². The fraction of sp³-hybridized carbons (Fsp3) is 0.429. The van der Waals surface area contributed by atoms with Crippen LogP contribution in [0.15, 0.2) is 18.2 Å². The first-order valence-corrected chi connectivity index (χ1v) is 6.61. The zero-order chi connectivity index (χ0) is 14.5. The minimum atomic E-state index is -0.451. The predicted octanol–water partition coefficient (Wildman–Crippen LogP) is 0.993. The molecule has 1 heterocycles. The van der Waals surface area contributed by atoms with E-state index in [2.05, 4.69) is 15.4 Å². The van der Waals surface area contributed by atoms with E-state index < -0.39 is 5.97 Å². The van der Waals surface area contributed by atoms with Crippen molar-refractivity contribution in [3.05, 3.63) is 23.8 Å². The van der Waals surface area contributed by atoms with E-state index in [1.807, 2.05) is 0 Å². The van der Waals surface area contributed by atoms with Crippen LogP contribution in [0.25, 0.3) is 0 Å². The van der Waals surface area contributed by atoms with E-state index >= 15 is 0 Å². The summed E-state index contributed by atoms with van der Waals surface area (Å²) in [6, 6.07) is 4.71. The van der Waals surface area contributed by atoms with E-state index in [-0.39, 0.29) is 11.8 Å². The summed E-state index contributed by atoms with van der Waals surface area (Å²) in [7, 11) is 1.31. The number of nitrogen functional groups attached to an aromatic ring is 1. The van der Waals surface area contributed by atoms with Crippen LogP contribution in [0.4, 0.5) is 11.4 Å². The number of piperidine rings is 1. The number of esters is 1. The molecular weight excluding hydrogens is 258 g/mol. The van der Waals surface area contributed by atoms with Crippen molar-refractivity contribution in [3.8, 4) is 0 Å². The average Bonchev–Trinajstić information content (AvgIpc) is 2.49. The number of hydrogen-bond acceptors (Lipinski definition) is 5. The number of anilines is 2. The molecule has 4 N–H and O–H groups in total. The monoisotopic (exact) mass is 277 g/mol. The lowest BCUT2D eigenvalue weighted by Crippen LogP contribution is -2.34. The summed E-state index contributed by atoms with van der Waals surface area (Å²) in [6.45, 7) is 1.71. The molecule has 20 heavy (non-hydrogen) atoms. The zero-order valence-corrected chi connectivity index (χ0v) is 11.4. The van der Waals surface area contributed by atoms with E-state index in [4.69, 9.17) is 5.73 Å². The highest BCUT2D eigenvalue weighted by atomic mass is 16.5. The standard InChI is InChI=1S/C14H19N3O3/c1-20-14(19)10-2-3-12(11(15)8-10)17-13(18)9-4-6-16-7-5-9/h2-3,8-9,16H,4-7,15H2,1H3,(H,17,18). The number of carbonyl (C=O) groups excluding carboxylic acids is 2. The van der Waals surface area contributed by atoms with Gasteiger partial charge in [0.25, 0.3) is 0 Å². The van der Waals surface area contributed by atoms with Gasteiger partial charge in [-0.25, -0.2) is 4.79 Å². The second-order valence-corrected chi connectivity index (χ2v) is 4.81. The molecule has 1 saturated heterocycles. The Hall–Kier alpha value is -2.08. The Morgan fingerprint density at radius 3 is 2.65 bits per heavy atom. The second kappa shape index (κ2) is 6.38. The summed E-state index contributed by atoms with van der Waals surface area (Å²) in [5.74, 6) is -0.465. The third kappa shape index (κ3) is 3.27. The number of benzene rings is 1. The minimum Gasteiger partial charge on any atom is -0.465 e. The number of methoxy groups -OCH3 is 1. The lowest BCUT2D eigenvalue weighted by Gasteiger charge is -2.22. The topological polar surface area (TPSA) is 93.4 Å². The third-order valence-electron chi connectivity index (χ3n) is 3.44. The Bertz CT molecular complexity index is 510. The van der Waals surface area contributed by atoms with Gasteiger partial charge >= 0.3 is 5.97 Å². The Morgan fingerprint density at radius 1 is 1.35 bits per heavy atom. The highest BCUT2D eigenvalue weighted by Gasteiger charge is 2.21. The van der Waals surface area contributed by atoms with E-state index in [1.165, 1.54) is 13.2 Å². The number of hydrogen-bond donors (Lipinski definition) is 3. The highest BCUT2D eigenvalue weighted by Crippen LogP contribution is 2.22. The van der Waals surface area contributed by atoms with Crippen LogP contribution < -0.4 is 16.4 Å². The van der Waals surface area contributed by atoms with E-state index in [1.54, 1.807) is 12.1 Å². The quantitative estimate of drug-likeness (QED) is 0.566. The van der Waals surface area contributed by atoms with Crippen LogP contribution in [-0.2, 0) is 9.53 Å². The number of amides is 1. The molecule has 108 valence electrons. The van der Waals surface area contributed by atoms with E-state index in [0.717, 1.165) is 25.9 Å². The van der Waals surface area contributed by atoms with Crippen LogP contribution in [0.3, 0.4) is 0 Å². The number of carbonyl (C=O) groups is 2. The van der Waals surface area contributed by atoms with Gasteiger partial charge < -0.3 is 21.1 Å². The van der Waals surface area contributed by atoms with Gasteiger partial charge in [0.05, 0.1) is 24.0 Å². The molecule has 1 aromatic rings. The van der Waals surface area contributed by atoms with Gasteiger partial charge in [-0.1, -0.05) is 0 Å². The summed E-state index contributed by atoms with van der Waals surface area (Å²) in [5.41, 5.74) is 7.11. The van der Waals surface area contributed by atoms with E-state index in [9.17, 15) is 9.59 Å². The number of ether oxygens (including phenoxy) is 1. The van der Waals surface area contributed by atoms with Gasteiger partial charge in [0, 0.05) is 5.92 Å². The third-order valence-corrected chi connectivity index (χ3v) is 3.44. The molecular formula is C14H19N3O3. The van der Waals surface area contributed by atoms with Crippen LogP contribution in [0.5, 0.6) is 0 Å².